The molecule has 0 atom stereocenters. The molecule has 0 fully saturated rings. The van der Waals surface area contributed by atoms with Crippen molar-refractivity contribution in [2.75, 3.05) is 5.32 Å². The van der Waals surface area contributed by atoms with E-state index in [0.29, 0.717) is 0 Å². The first-order valence-electron chi connectivity index (χ1n) is 4.86. The number of halogens is 3. The maximum Gasteiger partial charge on any atom is 0.573 e. The Hall–Kier alpha value is -2.45. The Bertz CT molecular complexity index is 459. The molecular formula is C10H9F3N2O4. The Morgan fingerprint density at radius 2 is 1.74 bits per heavy atom. The van der Waals surface area contributed by atoms with Crippen LogP contribution in [0.5, 0.6) is 5.75 Å². The number of hydrogen-bond acceptors (Lipinski definition) is 4. The summed E-state index contributed by atoms with van der Waals surface area (Å²) in [5, 5.41) is 2.22. The molecule has 0 saturated heterocycles. The number of carbonyl (C=O) groups is 2. The maximum atomic E-state index is 11.9. The van der Waals surface area contributed by atoms with Crippen LogP contribution >= 0.6 is 0 Å². The molecule has 0 spiro atoms. The zero-order valence-corrected chi connectivity index (χ0v) is 9.58. The second-order valence-corrected chi connectivity index (χ2v) is 3.22. The van der Waals surface area contributed by atoms with Gasteiger partial charge in [0.05, 0.1) is 0 Å². The number of hydroxylamine groups is 1. The highest BCUT2D eigenvalue weighted by Gasteiger charge is 2.30. The van der Waals surface area contributed by atoms with E-state index < -0.39 is 24.1 Å². The molecule has 0 unspecified atom stereocenters. The van der Waals surface area contributed by atoms with Crippen LogP contribution in [0, 0.1) is 0 Å². The highest BCUT2D eigenvalue weighted by molar-refractivity contribution is 5.89. The van der Waals surface area contributed by atoms with E-state index in [4.69, 9.17) is 0 Å². The van der Waals surface area contributed by atoms with E-state index in [-0.39, 0.29) is 5.69 Å². The largest absolute Gasteiger partial charge is 0.573 e. The summed E-state index contributed by atoms with van der Waals surface area (Å²) < 4.78 is 39.3. The van der Waals surface area contributed by atoms with Crippen molar-refractivity contribution in [3.05, 3.63) is 24.3 Å². The predicted molar refractivity (Wildman–Crippen MR) is 57.0 cm³/mol. The lowest BCUT2D eigenvalue weighted by molar-refractivity contribution is -0.274. The summed E-state index contributed by atoms with van der Waals surface area (Å²) in [4.78, 5) is 25.7. The lowest BCUT2D eigenvalue weighted by atomic mass is 10.3. The van der Waals surface area contributed by atoms with Gasteiger partial charge in [0.25, 0.3) is 0 Å². The van der Waals surface area contributed by atoms with Crippen molar-refractivity contribution >= 4 is 17.7 Å². The zero-order chi connectivity index (χ0) is 14.5. The minimum absolute atomic E-state index is 0.194. The number of anilines is 1. The normalized spacial score (nSPS) is 10.5. The predicted octanol–water partition coefficient (Wildman–Crippen LogP) is 2.18. The van der Waals surface area contributed by atoms with Crippen LogP contribution in [-0.4, -0.2) is 18.4 Å². The second-order valence-electron chi connectivity index (χ2n) is 3.22. The van der Waals surface area contributed by atoms with Crippen LogP contribution in [-0.2, 0) is 9.63 Å². The van der Waals surface area contributed by atoms with E-state index in [2.05, 4.69) is 14.9 Å². The Morgan fingerprint density at radius 3 is 2.21 bits per heavy atom. The van der Waals surface area contributed by atoms with Crippen molar-refractivity contribution in [1.82, 2.24) is 5.48 Å². The lowest BCUT2D eigenvalue weighted by Crippen LogP contribution is -2.30. The highest BCUT2D eigenvalue weighted by atomic mass is 19.4. The Balaban J connectivity index is 2.52. The highest BCUT2D eigenvalue weighted by Crippen LogP contribution is 2.23. The Kier molecular flexibility index (Phi) is 4.56. The van der Waals surface area contributed by atoms with Crippen LogP contribution in [0.15, 0.2) is 24.3 Å². The number of urea groups is 1. The molecule has 0 heterocycles. The number of amides is 2. The van der Waals surface area contributed by atoms with Crippen molar-refractivity contribution < 1.29 is 32.3 Å². The molecule has 0 aliphatic heterocycles. The minimum atomic E-state index is -4.78. The van der Waals surface area contributed by atoms with E-state index >= 15 is 0 Å². The molecule has 1 rings (SSSR count). The molecule has 1 aromatic rings. The first kappa shape index (κ1) is 14.6. The average molecular weight is 278 g/mol. The van der Waals surface area contributed by atoms with Crippen molar-refractivity contribution in [3.63, 3.8) is 0 Å². The van der Waals surface area contributed by atoms with Gasteiger partial charge in [0.15, 0.2) is 0 Å². The molecule has 0 aromatic heterocycles. The third-order valence-corrected chi connectivity index (χ3v) is 1.63. The van der Waals surface area contributed by atoms with Crippen molar-refractivity contribution in [3.8, 4) is 5.75 Å². The smallest absolute Gasteiger partial charge is 0.406 e. The Labute approximate surface area is 105 Å². The first-order chi connectivity index (χ1) is 8.76. The first-order valence-corrected chi connectivity index (χ1v) is 4.86. The molecule has 0 radical (unpaired) electrons. The van der Waals surface area contributed by atoms with Gasteiger partial charge in [0.1, 0.15) is 5.75 Å². The number of rotatable bonds is 2. The van der Waals surface area contributed by atoms with Gasteiger partial charge in [-0.25, -0.2) is 4.79 Å². The summed E-state index contributed by atoms with van der Waals surface area (Å²) in [7, 11) is 0. The van der Waals surface area contributed by atoms with Crippen LogP contribution in [0.4, 0.5) is 23.7 Å². The summed E-state index contributed by atoms with van der Waals surface area (Å²) in [5.74, 6) is -1.14. The van der Waals surface area contributed by atoms with E-state index in [0.717, 1.165) is 19.1 Å². The van der Waals surface area contributed by atoms with Crippen molar-refractivity contribution in [2.24, 2.45) is 0 Å². The number of nitrogens with one attached hydrogen (secondary N) is 2. The number of benzene rings is 1. The Morgan fingerprint density at radius 1 is 1.16 bits per heavy atom. The van der Waals surface area contributed by atoms with Gasteiger partial charge in [-0.3, -0.25) is 4.79 Å². The second kappa shape index (κ2) is 5.94. The van der Waals surface area contributed by atoms with E-state index in [1.54, 1.807) is 5.48 Å². The van der Waals surface area contributed by atoms with Gasteiger partial charge in [-0.2, -0.15) is 5.48 Å². The summed E-state index contributed by atoms with van der Waals surface area (Å²) in [6.07, 6.45) is -4.78. The third kappa shape index (κ3) is 6.15. The fourth-order valence-corrected chi connectivity index (χ4v) is 1.01. The molecule has 9 heteroatoms. The molecule has 2 amide bonds. The van der Waals surface area contributed by atoms with Crippen LogP contribution in [0.2, 0.25) is 0 Å². The average Bonchev–Trinajstić information content (AvgIpc) is 2.27. The number of alkyl halides is 3. The van der Waals surface area contributed by atoms with E-state index in [1.165, 1.54) is 12.1 Å². The van der Waals surface area contributed by atoms with Gasteiger partial charge in [0, 0.05) is 12.6 Å². The molecule has 19 heavy (non-hydrogen) atoms. The van der Waals surface area contributed by atoms with Gasteiger partial charge in [-0.15, -0.1) is 13.2 Å². The van der Waals surface area contributed by atoms with Gasteiger partial charge in [-0.1, -0.05) is 0 Å². The summed E-state index contributed by atoms with van der Waals surface area (Å²) in [6, 6.07) is 3.58. The fraction of sp³-hybridized carbons (Fsp3) is 0.200. The summed E-state index contributed by atoms with van der Waals surface area (Å²) >= 11 is 0. The van der Waals surface area contributed by atoms with Crippen LogP contribution in [0.25, 0.3) is 0 Å². The van der Waals surface area contributed by atoms with E-state index in [1.807, 2.05) is 0 Å². The molecule has 0 saturated carbocycles. The zero-order valence-electron chi connectivity index (χ0n) is 9.58. The van der Waals surface area contributed by atoms with Crippen LogP contribution < -0.4 is 15.5 Å². The van der Waals surface area contributed by atoms with Crippen LogP contribution in [0.1, 0.15) is 6.92 Å². The fourth-order valence-electron chi connectivity index (χ4n) is 1.01. The van der Waals surface area contributed by atoms with Gasteiger partial charge >= 0.3 is 18.4 Å². The van der Waals surface area contributed by atoms with Gasteiger partial charge in [-0.05, 0) is 24.3 Å². The number of ether oxygens (including phenoxy) is 1. The topological polar surface area (TPSA) is 76.7 Å². The maximum absolute atomic E-state index is 11.9. The van der Waals surface area contributed by atoms with E-state index in [9.17, 15) is 22.8 Å². The van der Waals surface area contributed by atoms with Gasteiger partial charge in [0.2, 0.25) is 0 Å². The SMILES string of the molecule is CC(=O)ONC(=O)Nc1ccc(OC(F)(F)F)cc1. The lowest BCUT2D eigenvalue weighted by Gasteiger charge is -2.10. The molecule has 0 bridgehead atoms. The molecular weight excluding hydrogens is 269 g/mol. The molecule has 0 aliphatic carbocycles. The molecule has 1 aromatic carbocycles. The molecule has 6 nitrogen and oxygen atoms in total. The molecule has 0 aliphatic rings. The standard InChI is InChI=1S/C10H9F3N2O4/c1-6(16)19-15-9(17)14-7-2-4-8(5-3-7)18-10(11,12)13/h2-5H,1H3,(H2,14,15,17). The monoisotopic (exact) mass is 278 g/mol. The quantitative estimate of drug-likeness (QED) is 0.813. The van der Waals surface area contributed by atoms with Gasteiger partial charge < -0.3 is 14.9 Å². The van der Waals surface area contributed by atoms with Crippen molar-refractivity contribution in [2.45, 2.75) is 13.3 Å². The van der Waals surface area contributed by atoms with Crippen LogP contribution in [0.3, 0.4) is 0 Å². The minimum Gasteiger partial charge on any atom is -0.406 e. The molecule has 2 N–H and O–H groups in total. The summed E-state index contributed by atoms with van der Waals surface area (Å²) in [6.45, 7) is 1.09. The number of hydrogen-bond donors (Lipinski definition) is 2. The third-order valence-electron chi connectivity index (χ3n) is 1.63. The molecule has 104 valence electrons. The van der Waals surface area contributed by atoms with Crippen molar-refractivity contribution in [1.29, 1.82) is 0 Å². The summed E-state index contributed by atoms with van der Waals surface area (Å²) in [5.41, 5.74) is 1.97. The number of carbonyl (C=O) groups excluding carboxylic acids is 2.